The minimum atomic E-state index is -0.345. The van der Waals surface area contributed by atoms with Gasteiger partial charge in [0, 0.05) is 31.6 Å². The van der Waals surface area contributed by atoms with Crippen LogP contribution in [0.25, 0.3) is 11.3 Å². The summed E-state index contributed by atoms with van der Waals surface area (Å²) in [5.74, 6) is 0.483. The Morgan fingerprint density at radius 2 is 2.00 bits per heavy atom. The molecule has 2 rings (SSSR count). The molecule has 0 atom stereocenters. The molecule has 0 radical (unpaired) electrons. The van der Waals surface area contributed by atoms with Crippen LogP contribution in [-0.2, 0) is 9.47 Å². The molecule has 100 valence electrons. The fourth-order valence-electron chi connectivity index (χ4n) is 1.80. The van der Waals surface area contributed by atoms with Crippen molar-refractivity contribution in [3.63, 3.8) is 0 Å². The second-order valence-electron chi connectivity index (χ2n) is 4.02. The molecule has 0 spiro atoms. The number of ether oxygens (including phenoxy) is 2. The number of hydrogen-bond acceptors (Lipinski definition) is 5. The number of hydrogen-bond donors (Lipinski definition) is 1. The van der Waals surface area contributed by atoms with Crippen LogP contribution >= 0.6 is 0 Å². The van der Waals surface area contributed by atoms with Crippen LogP contribution in [0.2, 0.25) is 0 Å². The molecule has 0 aromatic heterocycles. The SMILES string of the molecule is COC(CN=Cc1c2cccccc-2nc1N)OC. The predicted octanol–water partition coefficient (Wildman–Crippen LogP) is 1.81. The molecular formula is C14H17N3O2. The predicted molar refractivity (Wildman–Crippen MR) is 75.5 cm³/mol. The van der Waals surface area contributed by atoms with Crippen molar-refractivity contribution in [3.8, 4) is 11.3 Å². The van der Waals surface area contributed by atoms with E-state index in [2.05, 4.69) is 9.98 Å². The van der Waals surface area contributed by atoms with Gasteiger partial charge < -0.3 is 15.2 Å². The standard InChI is InChI=1S/C14H17N3O2/c1-18-13(19-2)9-16-8-11-10-6-4-3-5-7-12(10)17-14(11)15/h3-8,13H,9H2,1-2H3,(H2,15,17). The van der Waals surface area contributed by atoms with Crippen LogP contribution in [0.15, 0.2) is 35.3 Å². The van der Waals surface area contributed by atoms with Crippen molar-refractivity contribution in [1.29, 1.82) is 0 Å². The second-order valence-corrected chi connectivity index (χ2v) is 4.02. The molecule has 5 heteroatoms. The van der Waals surface area contributed by atoms with Crippen LogP contribution in [0.1, 0.15) is 5.56 Å². The van der Waals surface area contributed by atoms with Crippen molar-refractivity contribution in [1.82, 2.24) is 4.98 Å². The molecule has 0 saturated carbocycles. The van der Waals surface area contributed by atoms with Crippen molar-refractivity contribution in [2.24, 2.45) is 4.99 Å². The van der Waals surface area contributed by atoms with E-state index in [4.69, 9.17) is 15.2 Å². The quantitative estimate of drug-likeness (QED) is 0.656. The van der Waals surface area contributed by atoms with Gasteiger partial charge >= 0.3 is 0 Å². The first-order chi connectivity index (χ1) is 9.26. The first kappa shape index (κ1) is 13.5. The number of anilines is 1. The molecule has 1 heterocycles. The lowest BCUT2D eigenvalue weighted by Gasteiger charge is -2.09. The van der Waals surface area contributed by atoms with Gasteiger partial charge in [-0.1, -0.05) is 24.3 Å². The topological polar surface area (TPSA) is 69.7 Å². The molecule has 0 saturated heterocycles. The van der Waals surface area contributed by atoms with E-state index >= 15 is 0 Å². The van der Waals surface area contributed by atoms with Gasteiger partial charge in [0.05, 0.1) is 12.2 Å². The van der Waals surface area contributed by atoms with Gasteiger partial charge in [0.25, 0.3) is 0 Å². The first-order valence-corrected chi connectivity index (χ1v) is 5.96. The van der Waals surface area contributed by atoms with Crippen LogP contribution in [0, 0.1) is 0 Å². The van der Waals surface area contributed by atoms with Crippen molar-refractivity contribution in [3.05, 3.63) is 35.9 Å². The number of fused-ring (bicyclic) bond motifs is 1. The molecular weight excluding hydrogens is 242 g/mol. The van der Waals surface area contributed by atoms with E-state index in [1.165, 1.54) is 0 Å². The largest absolute Gasteiger partial charge is 0.383 e. The Labute approximate surface area is 112 Å². The van der Waals surface area contributed by atoms with E-state index in [0.29, 0.717) is 12.4 Å². The number of aromatic nitrogens is 1. The Kier molecular flexibility index (Phi) is 4.43. The molecule has 0 aromatic carbocycles. The molecule has 19 heavy (non-hydrogen) atoms. The number of methoxy groups -OCH3 is 2. The maximum atomic E-state index is 5.91. The normalized spacial score (nSPS) is 11.7. The summed E-state index contributed by atoms with van der Waals surface area (Å²) in [6.07, 6.45) is 1.37. The summed E-state index contributed by atoms with van der Waals surface area (Å²) in [4.78, 5) is 8.61. The summed E-state index contributed by atoms with van der Waals surface area (Å²) in [7, 11) is 3.16. The minimum Gasteiger partial charge on any atom is -0.383 e. The van der Waals surface area contributed by atoms with Gasteiger partial charge in [-0.3, -0.25) is 4.99 Å². The zero-order chi connectivity index (χ0) is 13.7. The van der Waals surface area contributed by atoms with Crippen molar-refractivity contribution in [2.45, 2.75) is 6.29 Å². The highest BCUT2D eigenvalue weighted by Gasteiger charge is 2.13. The molecule has 1 aliphatic heterocycles. The third kappa shape index (κ3) is 3.07. The lowest BCUT2D eigenvalue weighted by atomic mass is 10.1. The zero-order valence-electron chi connectivity index (χ0n) is 11.0. The van der Waals surface area contributed by atoms with Crippen LogP contribution in [-0.4, -0.2) is 38.3 Å². The first-order valence-electron chi connectivity index (χ1n) is 5.96. The van der Waals surface area contributed by atoms with Crippen LogP contribution in [0.3, 0.4) is 0 Å². The lowest BCUT2D eigenvalue weighted by Crippen LogP contribution is -2.16. The van der Waals surface area contributed by atoms with Gasteiger partial charge in [0.15, 0.2) is 6.29 Å². The van der Waals surface area contributed by atoms with E-state index in [1.807, 2.05) is 30.3 Å². The summed E-state index contributed by atoms with van der Waals surface area (Å²) in [5, 5.41) is 0. The average molecular weight is 259 g/mol. The number of rotatable bonds is 5. The molecule has 0 aromatic rings. The van der Waals surface area contributed by atoms with Crippen LogP contribution < -0.4 is 5.73 Å². The average Bonchev–Trinajstić information content (AvgIpc) is 2.59. The number of nitrogen functional groups attached to an aromatic ring is 1. The Morgan fingerprint density at radius 1 is 1.26 bits per heavy atom. The molecule has 2 aliphatic rings. The van der Waals surface area contributed by atoms with E-state index < -0.39 is 0 Å². The molecule has 0 bridgehead atoms. The smallest absolute Gasteiger partial charge is 0.176 e. The number of nitrogens with two attached hydrogens (primary N) is 1. The number of nitrogens with zero attached hydrogens (tertiary/aromatic N) is 2. The Morgan fingerprint density at radius 3 is 2.74 bits per heavy atom. The fourth-order valence-corrected chi connectivity index (χ4v) is 1.80. The van der Waals surface area contributed by atoms with E-state index in [1.54, 1.807) is 20.4 Å². The van der Waals surface area contributed by atoms with E-state index in [0.717, 1.165) is 16.8 Å². The monoisotopic (exact) mass is 259 g/mol. The summed E-state index contributed by atoms with van der Waals surface area (Å²) >= 11 is 0. The van der Waals surface area contributed by atoms with Crippen LogP contribution in [0.5, 0.6) is 0 Å². The van der Waals surface area contributed by atoms with E-state index in [9.17, 15) is 0 Å². The van der Waals surface area contributed by atoms with Gasteiger partial charge in [0.2, 0.25) is 0 Å². The zero-order valence-corrected chi connectivity index (χ0v) is 11.0. The summed E-state index contributed by atoms with van der Waals surface area (Å²) in [5.41, 5.74) is 8.59. The molecule has 5 nitrogen and oxygen atoms in total. The third-order valence-corrected chi connectivity index (χ3v) is 2.82. The maximum absolute atomic E-state index is 5.91. The maximum Gasteiger partial charge on any atom is 0.176 e. The van der Waals surface area contributed by atoms with Gasteiger partial charge in [-0.05, 0) is 6.07 Å². The Hall–Kier alpha value is -1.98. The highest BCUT2D eigenvalue weighted by Crippen LogP contribution is 2.27. The Balaban J connectivity index is 2.22. The minimum absolute atomic E-state index is 0.345. The number of aliphatic imine (C=N–C) groups is 1. The molecule has 1 aliphatic carbocycles. The summed E-state index contributed by atoms with van der Waals surface area (Å²) in [6, 6.07) is 9.74. The van der Waals surface area contributed by atoms with Gasteiger partial charge in [-0.2, -0.15) is 0 Å². The van der Waals surface area contributed by atoms with Gasteiger partial charge in [-0.25, -0.2) is 4.98 Å². The van der Waals surface area contributed by atoms with E-state index in [-0.39, 0.29) is 6.29 Å². The summed E-state index contributed by atoms with van der Waals surface area (Å²) < 4.78 is 10.1. The molecule has 2 N–H and O–H groups in total. The summed E-state index contributed by atoms with van der Waals surface area (Å²) in [6.45, 7) is 0.415. The van der Waals surface area contributed by atoms with Crippen molar-refractivity contribution in [2.75, 3.05) is 26.5 Å². The van der Waals surface area contributed by atoms with Crippen LogP contribution in [0.4, 0.5) is 5.82 Å². The fraction of sp³-hybridized carbons (Fsp3) is 0.286. The highest BCUT2D eigenvalue weighted by molar-refractivity contribution is 5.96. The van der Waals surface area contributed by atoms with Crippen molar-refractivity contribution >= 4 is 12.0 Å². The van der Waals surface area contributed by atoms with Gasteiger partial charge in [-0.15, -0.1) is 0 Å². The Bertz CT molecular complexity index is 538. The lowest BCUT2D eigenvalue weighted by molar-refractivity contribution is -0.0936. The molecule has 0 amide bonds. The second kappa shape index (κ2) is 6.26. The molecule has 0 unspecified atom stereocenters. The van der Waals surface area contributed by atoms with Gasteiger partial charge in [0.1, 0.15) is 5.82 Å². The van der Waals surface area contributed by atoms with Crippen molar-refractivity contribution < 1.29 is 9.47 Å². The molecule has 0 fully saturated rings. The third-order valence-electron chi connectivity index (χ3n) is 2.82. The highest BCUT2D eigenvalue weighted by atomic mass is 16.7.